The van der Waals surface area contributed by atoms with E-state index >= 15 is 0 Å². The SMILES string of the molecule is CC=Cc1ccccc1S(=O)(=O)NC(=O)N[C@@H](Cc1ccccc1)C(=O)N(C)c1ccc2c(c1)OCO2. The number of carbonyl (C=O) groups is 2. The molecular weight excluding hydrogens is 494 g/mol. The highest BCUT2D eigenvalue weighted by Crippen LogP contribution is 2.35. The topological polar surface area (TPSA) is 114 Å². The minimum atomic E-state index is -4.20. The lowest BCUT2D eigenvalue weighted by atomic mass is 10.0. The van der Waals surface area contributed by atoms with Crippen molar-refractivity contribution in [1.29, 1.82) is 0 Å². The van der Waals surface area contributed by atoms with Crippen molar-refractivity contribution < 1.29 is 27.5 Å². The van der Waals surface area contributed by atoms with Crippen LogP contribution in [0.2, 0.25) is 0 Å². The fraction of sp³-hybridized carbons (Fsp3) is 0.185. The quantitative estimate of drug-likeness (QED) is 0.467. The van der Waals surface area contributed by atoms with Crippen LogP contribution in [0.25, 0.3) is 6.08 Å². The zero-order valence-electron chi connectivity index (χ0n) is 20.4. The summed E-state index contributed by atoms with van der Waals surface area (Å²) in [6, 6.07) is 18.4. The lowest BCUT2D eigenvalue weighted by Crippen LogP contribution is -2.52. The maximum absolute atomic E-state index is 13.5. The number of allylic oxidation sites excluding steroid dienone is 1. The number of anilines is 1. The van der Waals surface area contributed by atoms with Crippen molar-refractivity contribution in [1.82, 2.24) is 10.0 Å². The van der Waals surface area contributed by atoms with E-state index in [0.29, 0.717) is 22.7 Å². The number of benzene rings is 3. The van der Waals surface area contributed by atoms with Gasteiger partial charge in [0.15, 0.2) is 11.5 Å². The van der Waals surface area contributed by atoms with Crippen molar-refractivity contribution in [2.45, 2.75) is 24.3 Å². The number of ether oxygens (including phenoxy) is 2. The van der Waals surface area contributed by atoms with Crippen LogP contribution in [0.1, 0.15) is 18.1 Å². The normalized spacial score (nSPS) is 13.2. The molecule has 10 heteroatoms. The van der Waals surface area contributed by atoms with Gasteiger partial charge in [-0.3, -0.25) is 4.79 Å². The second-order valence-electron chi connectivity index (χ2n) is 8.29. The maximum atomic E-state index is 13.5. The lowest BCUT2D eigenvalue weighted by molar-refractivity contribution is -0.120. The Labute approximate surface area is 215 Å². The Kier molecular flexibility index (Phi) is 7.78. The third-order valence-electron chi connectivity index (χ3n) is 5.74. The van der Waals surface area contributed by atoms with Gasteiger partial charge in [0.05, 0.1) is 4.90 Å². The molecule has 0 saturated heterocycles. The molecule has 1 aliphatic heterocycles. The van der Waals surface area contributed by atoms with Crippen LogP contribution in [-0.2, 0) is 21.2 Å². The molecule has 4 rings (SSSR count). The molecule has 0 fully saturated rings. The molecule has 0 radical (unpaired) electrons. The lowest BCUT2D eigenvalue weighted by Gasteiger charge is -2.25. The molecule has 1 atom stereocenters. The number of nitrogens with zero attached hydrogens (tertiary/aromatic N) is 1. The van der Waals surface area contributed by atoms with Gasteiger partial charge in [0, 0.05) is 25.2 Å². The number of hydrogen-bond donors (Lipinski definition) is 2. The first-order chi connectivity index (χ1) is 17.8. The standard InChI is InChI=1S/C27H27N3O6S/c1-3-9-20-12-7-8-13-25(20)37(33,34)29-27(32)28-22(16-19-10-5-4-6-11-19)26(31)30(2)21-14-15-23-24(17-21)36-18-35-23/h3-15,17,22H,16,18H2,1-2H3,(H2,28,29,32)/t22-/m0/s1. The van der Waals surface area contributed by atoms with E-state index in [2.05, 4.69) is 5.32 Å². The number of amides is 3. The van der Waals surface area contributed by atoms with Gasteiger partial charge in [-0.1, -0.05) is 60.7 Å². The van der Waals surface area contributed by atoms with Gasteiger partial charge in [0.2, 0.25) is 12.7 Å². The second-order valence-corrected chi connectivity index (χ2v) is 9.94. The fourth-order valence-corrected chi connectivity index (χ4v) is 5.03. The van der Waals surface area contributed by atoms with E-state index < -0.39 is 28.0 Å². The highest BCUT2D eigenvalue weighted by molar-refractivity contribution is 7.90. The van der Waals surface area contributed by atoms with Crippen LogP contribution >= 0.6 is 0 Å². The Morgan fingerprint density at radius 1 is 1.00 bits per heavy atom. The van der Waals surface area contributed by atoms with Crippen molar-refractivity contribution >= 4 is 33.7 Å². The minimum Gasteiger partial charge on any atom is -0.454 e. The number of likely N-dealkylation sites (N-methyl/N-ethyl adjacent to an activating group) is 1. The number of rotatable bonds is 8. The maximum Gasteiger partial charge on any atom is 0.329 e. The molecule has 1 aliphatic rings. The van der Waals surface area contributed by atoms with Crippen molar-refractivity contribution in [2.24, 2.45) is 0 Å². The number of nitrogens with one attached hydrogen (secondary N) is 2. The van der Waals surface area contributed by atoms with Crippen molar-refractivity contribution in [3.05, 3.63) is 90.0 Å². The summed E-state index contributed by atoms with van der Waals surface area (Å²) in [7, 11) is -2.63. The van der Waals surface area contributed by atoms with E-state index in [4.69, 9.17) is 9.47 Å². The van der Waals surface area contributed by atoms with Gasteiger partial charge >= 0.3 is 6.03 Å². The van der Waals surface area contributed by atoms with Crippen molar-refractivity contribution in [3.63, 3.8) is 0 Å². The Balaban J connectivity index is 1.56. The van der Waals surface area contributed by atoms with Crippen LogP contribution in [0, 0.1) is 0 Å². The minimum absolute atomic E-state index is 0.0494. The summed E-state index contributed by atoms with van der Waals surface area (Å²) in [5, 5.41) is 2.55. The van der Waals surface area contributed by atoms with E-state index in [9.17, 15) is 18.0 Å². The zero-order valence-corrected chi connectivity index (χ0v) is 21.2. The second kappa shape index (κ2) is 11.2. The number of urea groups is 1. The molecule has 0 bridgehead atoms. The molecule has 9 nitrogen and oxygen atoms in total. The molecular formula is C27H27N3O6S. The smallest absolute Gasteiger partial charge is 0.329 e. The van der Waals surface area contributed by atoms with E-state index in [1.54, 1.807) is 62.5 Å². The fourth-order valence-electron chi connectivity index (χ4n) is 3.91. The van der Waals surface area contributed by atoms with Crippen LogP contribution in [0.15, 0.2) is 83.8 Å². The van der Waals surface area contributed by atoms with Crippen LogP contribution in [0.3, 0.4) is 0 Å². The number of carbonyl (C=O) groups excluding carboxylic acids is 2. The van der Waals surface area contributed by atoms with Crippen LogP contribution in [0.5, 0.6) is 11.5 Å². The summed E-state index contributed by atoms with van der Waals surface area (Å²) in [5.74, 6) is 0.643. The first-order valence-corrected chi connectivity index (χ1v) is 13.0. The molecule has 0 saturated carbocycles. The van der Waals surface area contributed by atoms with E-state index in [0.717, 1.165) is 5.56 Å². The molecule has 0 aromatic heterocycles. The molecule has 0 spiro atoms. The number of sulfonamides is 1. The van der Waals surface area contributed by atoms with E-state index in [1.807, 2.05) is 35.1 Å². The molecule has 1 heterocycles. The van der Waals surface area contributed by atoms with Gasteiger partial charge in [0.25, 0.3) is 10.0 Å². The number of fused-ring (bicyclic) bond motifs is 1. The van der Waals surface area contributed by atoms with E-state index in [-0.39, 0.29) is 18.1 Å². The van der Waals surface area contributed by atoms with Crippen LogP contribution < -0.4 is 24.4 Å². The highest BCUT2D eigenvalue weighted by atomic mass is 32.2. The molecule has 3 amide bonds. The number of hydrogen-bond acceptors (Lipinski definition) is 6. The summed E-state index contributed by atoms with van der Waals surface area (Å²) in [4.78, 5) is 27.7. The van der Waals surface area contributed by atoms with Crippen molar-refractivity contribution in [2.75, 3.05) is 18.7 Å². The largest absolute Gasteiger partial charge is 0.454 e. The Morgan fingerprint density at radius 2 is 1.70 bits per heavy atom. The van der Waals surface area contributed by atoms with Gasteiger partial charge in [-0.2, -0.15) is 0 Å². The summed E-state index contributed by atoms with van der Waals surface area (Å²) in [6.45, 7) is 1.86. The Bertz CT molecular complexity index is 1420. The predicted octanol–water partition coefficient (Wildman–Crippen LogP) is 3.71. The van der Waals surface area contributed by atoms with Gasteiger partial charge in [0.1, 0.15) is 6.04 Å². The summed E-state index contributed by atoms with van der Waals surface area (Å²) in [5.41, 5.74) is 1.76. The van der Waals surface area contributed by atoms with Gasteiger partial charge in [-0.05, 0) is 36.2 Å². The average Bonchev–Trinajstić information content (AvgIpc) is 3.36. The summed E-state index contributed by atoms with van der Waals surface area (Å²) in [6.07, 6.45) is 3.49. The summed E-state index contributed by atoms with van der Waals surface area (Å²) < 4.78 is 38.7. The van der Waals surface area contributed by atoms with Crippen LogP contribution in [0.4, 0.5) is 10.5 Å². The first kappa shape index (κ1) is 25.8. The molecule has 0 aliphatic carbocycles. The molecule has 2 N–H and O–H groups in total. The monoisotopic (exact) mass is 521 g/mol. The Morgan fingerprint density at radius 3 is 2.46 bits per heavy atom. The van der Waals surface area contributed by atoms with Gasteiger partial charge in [-0.15, -0.1) is 0 Å². The zero-order chi connectivity index (χ0) is 26.4. The average molecular weight is 522 g/mol. The highest BCUT2D eigenvalue weighted by Gasteiger charge is 2.28. The van der Waals surface area contributed by atoms with Gasteiger partial charge < -0.3 is 19.7 Å². The first-order valence-electron chi connectivity index (χ1n) is 11.5. The van der Waals surface area contributed by atoms with Crippen molar-refractivity contribution in [3.8, 4) is 11.5 Å². The van der Waals surface area contributed by atoms with Crippen LogP contribution in [-0.4, -0.2) is 40.2 Å². The molecule has 3 aromatic carbocycles. The van der Waals surface area contributed by atoms with E-state index in [1.165, 1.54) is 11.0 Å². The Hall–Kier alpha value is -4.31. The third kappa shape index (κ3) is 6.10. The molecule has 0 unspecified atom stereocenters. The predicted molar refractivity (Wildman–Crippen MR) is 140 cm³/mol. The molecule has 3 aromatic rings. The van der Waals surface area contributed by atoms with Gasteiger partial charge in [-0.25, -0.2) is 17.9 Å². The third-order valence-corrected chi connectivity index (χ3v) is 7.15. The summed E-state index contributed by atoms with van der Waals surface area (Å²) >= 11 is 0. The molecule has 192 valence electrons. The molecule has 37 heavy (non-hydrogen) atoms.